The normalized spacial score (nSPS) is 20.2. The first-order chi connectivity index (χ1) is 9.15. The van der Waals surface area contributed by atoms with Crippen molar-refractivity contribution >= 4 is 5.97 Å². The van der Waals surface area contributed by atoms with Gasteiger partial charge in [0.05, 0.1) is 13.2 Å². The molecule has 1 aromatic carbocycles. The molecule has 1 aromatic rings. The van der Waals surface area contributed by atoms with Crippen LogP contribution in [0.3, 0.4) is 0 Å². The SMILES string of the molecule is N[C@H](Cc1ccc(O)cc1)C(=O)OCC1CCOC1. The summed E-state index contributed by atoms with van der Waals surface area (Å²) in [7, 11) is 0. The molecular weight excluding hydrogens is 246 g/mol. The number of phenols is 1. The maximum absolute atomic E-state index is 11.7. The molecule has 5 nitrogen and oxygen atoms in total. The van der Waals surface area contributed by atoms with Crippen LogP contribution in [0.15, 0.2) is 24.3 Å². The quantitative estimate of drug-likeness (QED) is 0.771. The Balaban J connectivity index is 1.76. The van der Waals surface area contributed by atoms with Crippen LogP contribution >= 0.6 is 0 Å². The number of carbonyl (C=O) groups excluding carboxylic acids is 1. The fourth-order valence-electron chi connectivity index (χ4n) is 1.99. The maximum Gasteiger partial charge on any atom is 0.323 e. The summed E-state index contributed by atoms with van der Waals surface area (Å²) in [4.78, 5) is 11.7. The highest BCUT2D eigenvalue weighted by Gasteiger charge is 2.20. The lowest BCUT2D eigenvalue weighted by Crippen LogP contribution is -2.35. The van der Waals surface area contributed by atoms with Gasteiger partial charge in [0.25, 0.3) is 0 Å². The molecule has 5 heteroatoms. The van der Waals surface area contributed by atoms with E-state index in [0.29, 0.717) is 25.6 Å². The van der Waals surface area contributed by atoms with Crippen molar-refractivity contribution in [2.45, 2.75) is 18.9 Å². The summed E-state index contributed by atoms with van der Waals surface area (Å²) >= 11 is 0. The average molecular weight is 265 g/mol. The van der Waals surface area contributed by atoms with Gasteiger partial charge in [0.2, 0.25) is 0 Å². The molecule has 1 aliphatic rings. The fraction of sp³-hybridized carbons (Fsp3) is 0.500. The molecule has 0 aromatic heterocycles. The van der Waals surface area contributed by atoms with Gasteiger partial charge in [-0.15, -0.1) is 0 Å². The minimum absolute atomic E-state index is 0.195. The van der Waals surface area contributed by atoms with E-state index < -0.39 is 6.04 Å². The summed E-state index contributed by atoms with van der Waals surface area (Å²) in [6.45, 7) is 1.77. The molecular formula is C14H19NO4. The zero-order valence-corrected chi connectivity index (χ0v) is 10.7. The molecule has 1 unspecified atom stereocenters. The maximum atomic E-state index is 11.7. The number of hydrogen-bond donors (Lipinski definition) is 2. The molecule has 2 atom stereocenters. The predicted molar refractivity (Wildman–Crippen MR) is 69.7 cm³/mol. The smallest absolute Gasteiger partial charge is 0.323 e. The van der Waals surface area contributed by atoms with Crippen molar-refractivity contribution in [3.63, 3.8) is 0 Å². The number of hydrogen-bond acceptors (Lipinski definition) is 5. The average Bonchev–Trinajstić information content (AvgIpc) is 2.91. The molecule has 0 radical (unpaired) electrons. The van der Waals surface area contributed by atoms with Crippen LogP contribution in [0.5, 0.6) is 5.75 Å². The third-order valence-corrected chi connectivity index (χ3v) is 3.18. The van der Waals surface area contributed by atoms with Gasteiger partial charge in [0.1, 0.15) is 11.8 Å². The number of nitrogens with two attached hydrogens (primary N) is 1. The summed E-state index contributed by atoms with van der Waals surface area (Å²) in [5.74, 6) is 0.103. The zero-order chi connectivity index (χ0) is 13.7. The third kappa shape index (κ3) is 4.22. The molecule has 104 valence electrons. The summed E-state index contributed by atoms with van der Waals surface area (Å²) in [5, 5.41) is 9.17. The van der Waals surface area contributed by atoms with Crippen LogP contribution in [0.1, 0.15) is 12.0 Å². The first-order valence-corrected chi connectivity index (χ1v) is 6.43. The lowest BCUT2D eigenvalue weighted by molar-refractivity contribution is -0.146. The molecule has 0 aliphatic carbocycles. The van der Waals surface area contributed by atoms with E-state index in [4.69, 9.17) is 15.2 Å². The molecule has 1 fully saturated rings. The number of phenolic OH excluding ortho intramolecular Hbond substituents is 1. The minimum Gasteiger partial charge on any atom is -0.508 e. The molecule has 3 N–H and O–H groups in total. The van der Waals surface area contributed by atoms with E-state index in [1.54, 1.807) is 24.3 Å². The van der Waals surface area contributed by atoms with Gasteiger partial charge < -0.3 is 20.3 Å². The van der Waals surface area contributed by atoms with E-state index in [1.807, 2.05) is 0 Å². The molecule has 1 saturated heterocycles. The fourth-order valence-corrected chi connectivity index (χ4v) is 1.99. The van der Waals surface area contributed by atoms with Gasteiger partial charge in [-0.25, -0.2) is 0 Å². The highest BCUT2D eigenvalue weighted by atomic mass is 16.5. The van der Waals surface area contributed by atoms with Gasteiger partial charge in [-0.2, -0.15) is 0 Å². The zero-order valence-electron chi connectivity index (χ0n) is 10.7. The van der Waals surface area contributed by atoms with Crippen LogP contribution in [0.4, 0.5) is 0 Å². The molecule has 1 heterocycles. The predicted octanol–water partition coefficient (Wildman–Crippen LogP) is 0.842. The largest absolute Gasteiger partial charge is 0.508 e. The Bertz CT molecular complexity index is 412. The number of esters is 1. The molecule has 0 amide bonds. The minimum atomic E-state index is -0.674. The van der Waals surface area contributed by atoms with E-state index in [9.17, 15) is 9.90 Å². The highest BCUT2D eigenvalue weighted by molar-refractivity contribution is 5.75. The van der Waals surface area contributed by atoms with Crippen molar-refractivity contribution in [2.75, 3.05) is 19.8 Å². The Kier molecular flexibility index (Phi) is 4.76. The number of aromatic hydroxyl groups is 1. The van der Waals surface area contributed by atoms with Crippen molar-refractivity contribution < 1.29 is 19.4 Å². The second kappa shape index (κ2) is 6.54. The summed E-state index contributed by atoms with van der Waals surface area (Å²) in [6, 6.07) is 5.96. The topological polar surface area (TPSA) is 81.8 Å². The van der Waals surface area contributed by atoms with Gasteiger partial charge in [-0.3, -0.25) is 4.79 Å². The number of carbonyl (C=O) groups is 1. The lowest BCUT2D eigenvalue weighted by atomic mass is 10.1. The Morgan fingerprint density at radius 3 is 2.84 bits per heavy atom. The van der Waals surface area contributed by atoms with Crippen LogP contribution < -0.4 is 5.73 Å². The van der Waals surface area contributed by atoms with Gasteiger partial charge in [0, 0.05) is 12.5 Å². The van der Waals surface area contributed by atoms with Gasteiger partial charge >= 0.3 is 5.97 Å². The molecule has 0 saturated carbocycles. The van der Waals surface area contributed by atoms with Crippen LogP contribution in [0, 0.1) is 5.92 Å². The van der Waals surface area contributed by atoms with Crippen molar-refractivity contribution in [3.05, 3.63) is 29.8 Å². The number of rotatable bonds is 5. The monoisotopic (exact) mass is 265 g/mol. The third-order valence-electron chi connectivity index (χ3n) is 3.18. The molecule has 2 rings (SSSR count). The van der Waals surface area contributed by atoms with Crippen LogP contribution in [-0.4, -0.2) is 36.9 Å². The van der Waals surface area contributed by atoms with Gasteiger partial charge in [-0.1, -0.05) is 12.1 Å². The molecule has 0 spiro atoms. The van der Waals surface area contributed by atoms with Gasteiger partial charge in [-0.05, 0) is 30.5 Å². The highest BCUT2D eigenvalue weighted by Crippen LogP contribution is 2.14. The Morgan fingerprint density at radius 1 is 1.47 bits per heavy atom. The molecule has 19 heavy (non-hydrogen) atoms. The van der Waals surface area contributed by atoms with E-state index in [0.717, 1.165) is 18.6 Å². The summed E-state index contributed by atoms with van der Waals surface area (Å²) in [6.07, 6.45) is 1.33. The first kappa shape index (κ1) is 13.8. The van der Waals surface area contributed by atoms with E-state index in [2.05, 4.69) is 0 Å². The first-order valence-electron chi connectivity index (χ1n) is 6.43. The van der Waals surface area contributed by atoms with E-state index in [1.165, 1.54) is 0 Å². The van der Waals surface area contributed by atoms with Crippen molar-refractivity contribution in [1.29, 1.82) is 0 Å². The Labute approximate surface area is 112 Å². The summed E-state index contributed by atoms with van der Waals surface area (Å²) < 4.78 is 10.4. The summed E-state index contributed by atoms with van der Waals surface area (Å²) in [5.41, 5.74) is 6.70. The molecule has 0 bridgehead atoms. The van der Waals surface area contributed by atoms with E-state index >= 15 is 0 Å². The molecule has 1 aliphatic heterocycles. The second-order valence-electron chi connectivity index (χ2n) is 4.84. The Morgan fingerprint density at radius 2 is 2.21 bits per heavy atom. The number of ether oxygens (including phenoxy) is 2. The second-order valence-corrected chi connectivity index (χ2v) is 4.84. The van der Waals surface area contributed by atoms with Crippen molar-refractivity contribution in [1.82, 2.24) is 0 Å². The number of benzene rings is 1. The Hall–Kier alpha value is -1.59. The van der Waals surface area contributed by atoms with Crippen molar-refractivity contribution in [2.24, 2.45) is 11.7 Å². The van der Waals surface area contributed by atoms with E-state index in [-0.39, 0.29) is 11.7 Å². The van der Waals surface area contributed by atoms with Gasteiger partial charge in [0.15, 0.2) is 0 Å². The lowest BCUT2D eigenvalue weighted by Gasteiger charge is -2.13. The van der Waals surface area contributed by atoms with Crippen LogP contribution in [0.2, 0.25) is 0 Å². The van der Waals surface area contributed by atoms with Crippen LogP contribution in [0.25, 0.3) is 0 Å². The standard InChI is InChI=1S/C14H19NO4/c15-13(7-10-1-3-12(16)4-2-10)14(17)19-9-11-5-6-18-8-11/h1-4,11,13,16H,5-9,15H2/t11?,13-/m1/s1. The van der Waals surface area contributed by atoms with Crippen LogP contribution in [-0.2, 0) is 20.7 Å². The van der Waals surface area contributed by atoms with Crippen molar-refractivity contribution in [3.8, 4) is 5.75 Å².